The van der Waals surface area contributed by atoms with E-state index >= 15 is 0 Å². The van der Waals surface area contributed by atoms with Crippen molar-refractivity contribution in [3.63, 3.8) is 0 Å². The highest BCUT2D eigenvalue weighted by Crippen LogP contribution is 2.31. The number of nitrogens with one attached hydrogen (secondary N) is 1. The van der Waals surface area contributed by atoms with Gasteiger partial charge in [0.15, 0.2) is 0 Å². The fraction of sp³-hybridized carbons (Fsp3) is 0.500. The topological polar surface area (TPSA) is 54.3 Å². The Kier molecular flexibility index (Phi) is 3.93. The molecule has 1 fully saturated rings. The number of benzene rings is 1. The first-order valence-corrected chi connectivity index (χ1v) is 6.16. The average molecular weight is 246 g/mol. The van der Waals surface area contributed by atoms with Crippen LogP contribution in [0.2, 0.25) is 0 Å². The zero-order valence-corrected chi connectivity index (χ0v) is 10.8. The molecule has 0 spiro atoms. The second-order valence-corrected chi connectivity index (χ2v) is 4.52. The molecule has 1 aromatic rings. The molecular formula is C14H18N2O2. The van der Waals surface area contributed by atoms with Crippen LogP contribution >= 0.6 is 0 Å². The van der Waals surface area contributed by atoms with Crippen molar-refractivity contribution in [3.05, 3.63) is 18.2 Å². The van der Waals surface area contributed by atoms with Crippen molar-refractivity contribution < 1.29 is 9.47 Å². The fourth-order valence-electron chi connectivity index (χ4n) is 2.39. The standard InChI is InChI=1S/C14H18N2O2/c1-17-12-6-11(7-13(8-12)18-2)16-14-5-3-4-10(14)9-15/h6-8,10,14,16H,3-5H2,1-2H3. The van der Waals surface area contributed by atoms with E-state index in [0.717, 1.165) is 36.4 Å². The highest BCUT2D eigenvalue weighted by atomic mass is 16.5. The minimum Gasteiger partial charge on any atom is -0.497 e. The molecule has 1 aromatic carbocycles. The molecule has 0 heterocycles. The Bertz CT molecular complexity index is 431. The smallest absolute Gasteiger partial charge is 0.124 e. The molecule has 0 amide bonds. The van der Waals surface area contributed by atoms with E-state index in [2.05, 4.69) is 11.4 Å². The second-order valence-electron chi connectivity index (χ2n) is 4.52. The third kappa shape index (κ3) is 2.67. The van der Waals surface area contributed by atoms with Crippen LogP contribution in [-0.2, 0) is 0 Å². The van der Waals surface area contributed by atoms with E-state index in [1.807, 2.05) is 18.2 Å². The van der Waals surface area contributed by atoms with Crippen molar-refractivity contribution in [2.24, 2.45) is 5.92 Å². The van der Waals surface area contributed by atoms with Crippen LogP contribution in [0.5, 0.6) is 11.5 Å². The quantitative estimate of drug-likeness (QED) is 0.887. The lowest BCUT2D eigenvalue weighted by Gasteiger charge is -2.18. The molecule has 4 heteroatoms. The molecule has 2 rings (SSSR count). The average Bonchev–Trinajstić information content (AvgIpc) is 2.85. The molecule has 0 aromatic heterocycles. The molecule has 4 nitrogen and oxygen atoms in total. The summed E-state index contributed by atoms with van der Waals surface area (Å²) in [6, 6.07) is 8.28. The van der Waals surface area contributed by atoms with Crippen LogP contribution in [0, 0.1) is 17.2 Å². The molecule has 18 heavy (non-hydrogen) atoms. The van der Waals surface area contributed by atoms with Gasteiger partial charge in [-0.05, 0) is 19.3 Å². The predicted molar refractivity (Wildman–Crippen MR) is 69.9 cm³/mol. The van der Waals surface area contributed by atoms with Gasteiger partial charge in [-0.3, -0.25) is 0 Å². The Morgan fingerprint density at radius 3 is 2.39 bits per heavy atom. The highest BCUT2D eigenvalue weighted by molar-refractivity contribution is 5.54. The molecule has 1 aliphatic carbocycles. The Labute approximate surface area is 108 Å². The number of anilines is 1. The lowest BCUT2D eigenvalue weighted by atomic mass is 10.1. The second kappa shape index (κ2) is 5.63. The lowest BCUT2D eigenvalue weighted by molar-refractivity contribution is 0.394. The van der Waals surface area contributed by atoms with Gasteiger partial charge in [0, 0.05) is 29.9 Å². The molecule has 0 aliphatic heterocycles. The van der Waals surface area contributed by atoms with Gasteiger partial charge in [0.25, 0.3) is 0 Å². The van der Waals surface area contributed by atoms with Crippen molar-refractivity contribution in [3.8, 4) is 17.6 Å². The van der Waals surface area contributed by atoms with E-state index in [1.54, 1.807) is 14.2 Å². The van der Waals surface area contributed by atoms with E-state index in [-0.39, 0.29) is 12.0 Å². The maximum atomic E-state index is 9.08. The van der Waals surface area contributed by atoms with Crippen LogP contribution < -0.4 is 14.8 Å². The summed E-state index contributed by atoms with van der Waals surface area (Å²) in [7, 11) is 3.26. The van der Waals surface area contributed by atoms with Gasteiger partial charge >= 0.3 is 0 Å². The summed E-state index contributed by atoms with van der Waals surface area (Å²) in [5, 5.41) is 12.5. The molecule has 0 saturated heterocycles. The van der Waals surface area contributed by atoms with Crippen LogP contribution in [0.4, 0.5) is 5.69 Å². The number of ether oxygens (including phenoxy) is 2. The van der Waals surface area contributed by atoms with E-state index in [4.69, 9.17) is 14.7 Å². The Balaban J connectivity index is 2.15. The van der Waals surface area contributed by atoms with Crippen molar-refractivity contribution in [2.75, 3.05) is 19.5 Å². The summed E-state index contributed by atoms with van der Waals surface area (Å²) >= 11 is 0. The molecule has 0 radical (unpaired) electrons. The van der Waals surface area contributed by atoms with Crippen LogP contribution in [0.3, 0.4) is 0 Å². The van der Waals surface area contributed by atoms with Crippen LogP contribution in [0.15, 0.2) is 18.2 Å². The van der Waals surface area contributed by atoms with Gasteiger partial charge in [-0.15, -0.1) is 0 Å². The van der Waals surface area contributed by atoms with Gasteiger partial charge in [0.05, 0.1) is 26.2 Å². The van der Waals surface area contributed by atoms with Gasteiger partial charge in [-0.25, -0.2) is 0 Å². The van der Waals surface area contributed by atoms with Crippen LogP contribution in [-0.4, -0.2) is 20.3 Å². The normalized spacial score (nSPS) is 22.3. The van der Waals surface area contributed by atoms with E-state index < -0.39 is 0 Å². The third-order valence-electron chi connectivity index (χ3n) is 3.39. The lowest BCUT2D eigenvalue weighted by Crippen LogP contribution is -2.22. The zero-order chi connectivity index (χ0) is 13.0. The van der Waals surface area contributed by atoms with Crippen LogP contribution in [0.25, 0.3) is 0 Å². The maximum absolute atomic E-state index is 9.08. The molecule has 2 unspecified atom stereocenters. The first-order valence-electron chi connectivity index (χ1n) is 6.16. The molecule has 1 aliphatic rings. The number of nitriles is 1. The number of hydrogen-bond acceptors (Lipinski definition) is 4. The van der Waals surface area contributed by atoms with E-state index in [0.29, 0.717) is 0 Å². The van der Waals surface area contributed by atoms with E-state index in [1.165, 1.54) is 0 Å². The SMILES string of the molecule is COc1cc(NC2CCCC2C#N)cc(OC)c1. The third-order valence-corrected chi connectivity index (χ3v) is 3.39. The molecular weight excluding hydrogens is 228 g/mol. The minimum absolute atomic E-state index is 0.0993. The first-order chi connectivity index (χ1) is 8.76. The monoisotopic (exact) mass is 246 g/mol. The summed E-state index contributed by atoms with van der Waals surface area (Å²) in [4.78, 5) is 0. The summed E-state index contributed by atoms with van der Waals surface area (Å²) in [5.74, 6) is 1.61. The Hall–Kier alpha value is -1.89. The zero-order valence-electron chi connectivity index (χ0n) is 10.8. The minimum atomic E-state index is 0.0993. The van der Waals surface area contributed by atoms with Crippen molar-refractivity contribution in [1.29, 1.82) is 5.26 Å². The summed E-state index contributed by atoms with van der Waals surface area (Å²) < 4.78 is 10.5. The molecule has 2 atom stereocenters. The predicted octanol–water partition coefficient (Wildman–Crippen LogP) is 2.81. The highest BCUT2D eigenvalue weighted by Gasteiger charge is 2.27. The Morgan fingerprint density at radius 1 is 1.17 bits per heavy atom. The van der Waals surface area contributed by atoms with Gasteiger partial charge in [-0.1, -0.05) is 0 Å². The van der Waals surface area contributed by atoms with Crippen molar-refractivity contribution in [2.45, 2.75) is 25.3 Å². The summed E-state index contributed by atoms with van der Waals surface area (Å²) in [6.07, 6.45) is 3.13. The molecule has 1 N–H and O–H groups in total. The fourth-order valence-corrected chi connectivity index (χ4v) is 2.39. The van der Waals surface area contributed by atoms with Gasteiger partial charge in [0.2, 0.25) is 0 Å². The van der Waals surface area contributed by atoms with Gasteiger partial charge in [-0.2, -0.15) is 5.26 Å². The Morgan fingerprint density at radius 2 is 1.83 bits per heavy atom. The number of methoxy groups -OCH3 is 2. The van der Waals surface area contributed by atoms with E-state index in [9.17, 15) is 0 Å². The summed E-state index contributed by atoms with van der Waals surface area (Å²) in [6.45, 7) is 0. The van der Waals surface area contributed by atoms with Crippen LogP contribution in [0.1, 0.15) is 19.3 Å². The first kappa shape index (κ1) is 12.6. The largest absolute Gasteiger partial charge is 0.497 e. The van der Waals surface area contributed by atoms with Crippen molar-refractivity contribution >= 4 is 5.69 Å². The van der Waals surface area contributed by atoms with Gasteiger partial charge in [0.1, 0.15) is 11.5 Å². The number of hydrogen-bond donors (Lipinski definition) is 1. The number of nitrogens with zero attached hydrogens (tertiary/aromatic N) is 1. The molecule has 0 bridgehead atoms. The molecule has 1 saturated carbocycles. The van der Waals surface area contributed by atoms with Crippen molar-refractivity contribution in [1.82, 2.24) is 0 Å². The molecule has 96 valence electrons. The number of rotatable bonds is 4. The van der Waals surface area contributed by atoms with Gasteiger partial charge < -0.3 is 14.8 Å². The summed E-state index contributed by atoms with van der Waals surface area (Å²) in [5.41, 5.74) is 0.943. The maximum Gasteiger partial charge on any atom is 0.124 e.